The van der Waals surface area contributed by atoms with Gasteiger partial charge in [-0.25, -0.2) is 9.82 Å². The van der Waals surface area contributed by atoms with Crippen LogP contribution in [0.3, 0.4) is 0 Å². The number of halogens is 1. The zero-order valence-electron chi connectivity index (χ0n) is 12.1. The molecule has 0 fully saturated rings. The maximum atomic E-state index is 12.8. The van der Waals surface area contributed by atoms with Crippen molar-refractivity contribution in [1.82, 2.24) is 5.43 Å². The molecule has 23 heavy (non-hydrogen) atoms. The highest BCUT2D eigenvalue weighted by molar-refractivity contribution is 5.84. The number of carbonyl (C=O) groups is 1. The summed E-state index contributed by atoms with van der Waals surface area (Å²) >= 11 is 0. The predicted octanol–water partition coefficient (Wildman–Crippen LogP) is 2.12. The maximum Gasteiger partial charge on any atom is 0.259 e. The molecule has 6 nitrogen and oxygen atoms in total. The molecule has 1 amide bonds. The molecule has 2 aromatic carbocycles. The number of nitrogens with zero attached hydrogens (tertiary/aromatic N) is 1. The van der Waals surface area contributed by atoms with Crippen LogP contribution in [-0.2, 0) is 4.79 Å². The van der Waals surface area contributed by atoms with Crippen molar-refractivity contribution < 1.29 is 18.7 Å². The van der Waals surface area contributed by atoms with E-state index in [2.05, 4.69) is 15.8 Å². The molecule has 0 spiro atoms. The van der Waals surface area contributed by atoms with E-state index in [0.29, 0.717) is 17.2 Å². The van der Waals surface area contributed by atoms with Crippen LogP contribution in [0.4, 0.5) is 10.1 Å². The molecule has 2 N–H and O–H groups in total. The molecule has 118 valence electrons. The first-order valence-corrected chi connectivity index (χ1v) is 6.92. The molecule has 1 aliphatic heterocycles. The molecule has 3 rings (SSSR count). The summed E-state index contributed by atoms with van der Waals surface area (Å²) in [5.41, 5.74) is 3.84. The lowest BCUT2D eigenvalue weighted by Gasteiger charge is -2.04. The van der Waals surface area contributed by atoms with Crippen LogP contribution in [0.2, 0.25) is 0 Å². The Hall–Kier alpha value is -3.09. The molecule has 0 aromatic heterocycles. The largest absolute Gasteiger partial charge is 0.454 e. The number of rotatable bonds is 5. The van der Waals surface area contributed by atoms with Crippen molar-refractivity contribution >= 4 is 17.8 Å². The molecule has 7 heteroatoms. The van der Waals surface area contributed by atoms with Gasteiger partial charge in [-0.1, -0.05) is 0 Å². The van der Waals surface area contributed by atoms with E-state index in [9.17, 15) is 9.18 Å². The highest BCUT2D eigenvalue weighted by Crippen LogP contribution is 2.31. The van der Waals surface area contributed by atoms with Crippen LogP contribution in [0.15, 0.2) is 47.6 Å². The van der Waals surface area contributed by atoms with Crippen LogP contribution in [0, 0.1) is 5.82 Å². The van der Waals surface area contributed by atoms with Crippen molar-refractivity contribution in [3.8, 4) is 11.5 Å². The second-order valence-corrected chi connectivity index (χ2v) is 4.77. The van der Waals surface area contributed by atoms with Gasteiger partial charge in [-0.2, -0.15) is 5.10 Å². The SMILES string of the molecule is O=C(CNc1ccc(F)cc1)N/N=C/c1ccc2c(c1)OCO2. The summed E-state index contributed by atoms with van der Waals surface area (Å²) in [7, 11) is 0. The third-order valence-electron chi connectivity index (χ3n) is 3.10. The lowest BCUT2D eigenvalue weighted by atomic mass is 10.2. The Morgan fingerprint density at radius 3 is 2.78 bits per heavy atom. The fraction of sp³-hybridized carbons (Fsp3) is 0.125. The number of amides is 1. The standard InChI is InChI=1S/C16H14FN3O3/c17-12-2-4-13(5-3-12)18-9-16(21)20-19-8-11-1-6-14-15(7-11)23-10-22-14/h1-8,18H,9-10H2,(H,20,21)/b19-8+. The van der Waals surface area contributed by atoms with Gasteiger partial charge in [0.15, 0.2) is 11.5 Å². The van der Waals surface area contributed by atoms with E-state index in [4.69, 9.17) is 9.47 Å². The van der Waals surface area contributed by atoms with Crippen LogP contribution < -0.4 is 20.2 Å². The first-order chi connectivity index (χ1) is 11.2. The molecule has 0 saturated heterocycles. The average molecular weight is 315 g/mol. The smallest absolute Gasteiger partial charge is 0.259 e. The van der Waals surface area contributed by atoms with Crippen molar-refractivity contribution in [1.29, 1.82) is 0 Å². The van der Waals surface area contributed by atoms with Gasteiger partial charge in [0, 0.05) is 5.69 Å². The predicted molar refractivity (Wildman–Crippen MR) is 83.2 cm³/mol. The number of benzene rings is 2. The van der Waals surface area contributed by atoms with E-state index >= 15 is 0 Å². The van der Waals surface area contributed by atoms with Crippen LogP contribution in [0.1, 0.15) is 5.56 Å². The zero-order valence-corrected chi connectivity index (χ0v) is 12.1. The van der Waals surface area contributed by atoms with Gasteiger partial charge >= 0.3 is 0 Å². The number of anilines is 1. The Bertz CT molecular complexity index is 732. The highest BCUT2D eigenvalue weighted by Gasteiger charge is 2.12. The molecule has 2 aromatic rings. The minimum Gasteiger partial charge on any atom is -0.454 e. The molecule has 0 aliphatic carbocycles. The number of ether oxygens (including phenoxy) is 2. The number of nitrogens with one attached hydrogen (secondary N) is 2. The normalized spacial score (nSPS) is 12.4. The van der Waals surface area contributed by atoms with Gasteiger partial charge in [-0.05, 0) is 48.0 Å². The van der Waals surface area contributed by atoms with E-state index in [1.165, 1.54) is 18.3 Å². The highest BCUT2D eigenvalue weighted by atomic mass is 19.1. The lowest BCUT2D eigenvalue weighted by molar-refractivity contribution is -0.119. The number of hydrazone groups is 1. The quantitative estimate of drug-likeness (QED) is 0.655. The van der Waals surface area contributed by atoms with Gasteiger partial charge in [0.25, 0.3) is 5.91 Å². The van der Waals surface area contributed by atoms with Gasteiger partial charge < -0.3 is 14.8 Å². The van der Waals surface area contributed by atoms with E-state index in [0.717, 1.165) is 5.56 Å². The molecule has 1 aliphatic rings. The summed E-state index contributed by atoms with van der Waals surface area (Å²) in [4.78, 5) is 11.7. The summed E-state index contributed by atoms with van der Waals surface area (Å²) in [6.45, 7) is 0.242. The van der Waals surface area contributed by atoms with Crippen LogP contribution in [-0.4, -0.2) is 25.5 Å². The molecule has 0 radical (unpaired) electrons. The third kappa shape index (κ3) is 3.97. The van der Waals surface area contributed by atoms with Gasteiger partial charge in [0.05, 0.1) is 12.8 Å². The lowest BCUT2D eigenvalue weighted by Crippen LogP contribution is -2.25. The molecule has 0 saturated carbocycles. The fourth-order valence-electron chi connectivity index (χ4n) is 1.96. The van der Waals surface area contributed by atoms with E-state index in [1.807, 2.05) is 0 Å². The second kappa shape index (κ2) is 6.78. The van der Waals surface area contributed by atoms with Gasteiger partial charge in [-0.15, -0.1) is 0 Å². The van der Waals surface area contributed by atoms with Gasteiger partial charge in [0.1, 0.15) is 5.82 Å². The zero-order chi connectivity index (χ0) is 16.1. The van der Waals surface area contributed by atoms with Crippen molar-refractivity contribution in [3.63, 3.8) is 0 Å². The third-order valence-corrected chi connectivity index (χ3v) is 3.10. The Morgan fingerprint density at radius 2 is 1.96 bits per heavy atom. The van der Waals surface area contributed by atoms with Crippen LogP contribution >= 0.6 is 0 Å². The topological polar surface area (TPSA) is 72.0 Å². The minimum atomic E-state index is -0.326. The average Bonchev–Trinajstić information content (AvgIpc) is 3.02. The van der Waals surface area contributed by atoms with Crippen molar-refractivity contribution in [2.45, 2.75) is 0 Å². The van der Waals surface area contributed by atoms with Crippen LogP contribution in [0.5, 0.6) is 11.5 Å². The number of fused-ring (bicyclic) bond motifs is 1. The Balaban J connectivity index is 1.47. The van der Waals surface area contributed by atoms with Crippen molar-refractivity contribution in [3.05, 3.63) is 53.8 Å². The number of hydrogen-bond acceptors (Lipinski definition) is 5. The monoisotopic (exact) mass is 315 g/mol. The maximum absolute atomic E-state index is 12.8. The first-order valence-electron chi connectivity index (χ1n) is 6.92. The van der Waals surface area contributed by atoms with Gasteiger partial charge in [-0.3, -0.25) is 4.79 Å². The summed E-state index contributed by atoms with van der Waals surface area (Å²) in [6.07, 6.45) is 1.51. The Morgan fingerprint density at radius 1 is 1.17 bits per heavy atom. The molecular formula is C16H14FN3O3. The molecule has 0 bridgehead atoms. The summed E-state index contributed by atoms with van der Waals surface area (Å²) in [6, 6.07) is 11.1. The Kier molecular flexibility index (Phi) is 4.37. The summed E-state index contributed by atoms with van der Waals surface area (Å²) in [5, 5.41) is 6.74. The number of hydrogen-bond donors (Lipinski definition) is 2. The van der Waals surface area contributed by atoms with E-state index in [-0.39, 0.29) is 25.1 Å². The molecule has 0 atom stereocenters. The van der Waals surface area contributed by atoms with E-state index in [1.54, 1.807) is 30.3 Å². The molecule has 1 heterocycles. The van der Waals surface area contributed by atoms with E-state index < -0.39 is 0 Å². The fourth-order valence-corrected chi connectivity index (χ4v) is 1.96. The van der Waals surface area contributed by atoms with Crippen molar-refractivity contribution in [2.75, 3.05) is 18.7 Å². The first kappa shape index (κ1) is 14.8. The summed E-state index contributed by atoms with van der Waals surface area (Å²) < 4.78 is 23.2. The Labute approximate surface area is 131 Å². The minimum absolute atomic E-state index is 0.0319. The van der Waals surface area contributed by atoms with Crippen molar-refractivity contribution in [2.24, 2.45) is 5.10 Å². The molecular weight excluding hydrogens is 301 g/mol. The van der Waals surface area contributed by atoms with Crippen LogP contribution in [0.25, 0.3) is 0 Å². The second-order valence-electron chi connectivity index (χ2n) is 4.77. The summed E-state index contributed by atoms with van der Waals surface area (Å²) in [5.74, 6) is 0.701. The van der Waals surface area contributed by atoms with Gasteiger partial charge in [0.2, 0.25) is 6.79 Å². The molecule has 0 unspecified atom stereocenters. The number of carbonyl (C=O) groups excluding carboxylic acids is 1.